The normalized spacial score (nSPS) is 36.9. The van der Waals surface area contributed by atoms with Gasteiger partial charge < -0.3 is 9.84 Å². The summed E-state index contributed by atoms with van der Waals surface area (Å²) < 4.78 is 156. The molecule has 1 unspecified atom stereocenters. The van der Waals surface area contributed by atoms with Crippen molar-refractivity contribution < 1.29 is 39.3 Å². The van der Waals surface area contributed by atoms with Crippen LogP contribution >= 0.6 is 11.6 Å². The number of hydrogen-bond acceptors (Lipinski definition) is 4. The van der Waals surface area contributed by atoms with Crippen molar-refractivity contribution in [2.45, 2.75) is 6.02 Å². The Balaban J connectivity index is 2.45. The molecule has 2 aromatic rings. The van der Waals surface area contributed by atoms with Crippen molar-refractivity contribution in [3.05, 3.63) is 70.7 Å². The third-order valence-corrected chi connectivity index (χ3v) is 3.32. The van der Waals surface area contributed by atoms with Crippen molar-refractivity contribution in [2.24, 2.45) is 0 Å². The smallest absolute Gasteiger partial charge is 0.329 e. The van der Waals surface area contributed by atoms with Gasteiger partial charge in [0.1, 0.15) is 6.56 Å². The van der Waals surface area contributed by atoms with E-state index in [1.807, 2.05) is 0 Å². The van der Waals surface area contributed by atoms with Crippen LogP contribution in [0.5, 0.6) is 0 Å². The van der Waals surface area contributed by atoms with Crippen LogP contribution in [0.15, 0.2) is 54.5 Å². The number of benzene rings is 2. The first kappa shape index (κ1) is 7.16. The summed E-state index contributed by atoms with van der Waals surface area (Å²) in [6, 6.07) is 0.734. The Kier molecular flexibility index (Phi) is 2.61. The van der Waals surface area contributed by atoms with Crippen molar-refractivity contribution in [2.75, 3.05) is 45.6 Å². The van der Waals surface area contributed by atoms with Gasteiger partial charge in [-0.2, -0.15) is 0 Å². The van der Waals surface area contributed by atoms with E-state index in [1.165, 1.54) is 0 Å². The minimum Gasteiger partial charge on any atom is -0.480 e. The monoisotopic (exact) mass is 406 g/mol. The van der Waals surface area contributed by atoms with Gasteiger partial charge in [-0.3, -0.25) is 9.80 Å². The number of nitrogens with zero attached hydrogens (tertiary/aromatic N) is 2. The zero-order chi connectivity index (χ0) is 35.1. The Bertz CT molecular complexity index is 1440. The molecular formula is C21H25ClN2O3. The van der Waals surface area contributed by atoms with Gasteiger partial charge in [-0.1, -0.05) is 54.0 Å². The van der Waals surface area contributed by atoms with Gasteiger partial charge in [-0.15, -0.1) is 0 Å². The fourth-order valence-corrected chi connectivity index (χ4v) is 2.13. The molecule has 0 saturated carbocycles. The summed E-state index contributed by atoms with van der Waals surface area (Å²) >= 11 is 5.96. The van der Waals surface area contributed by atoms with E-state index in [4.69, 9.17) is 40.0 Å². The molecule has 3 rings (SSSR count). The topological polar surface area (TPSA) is 53.0 Å². The molecule has 0 spiro atoms. The standard InChI is InChI=1S/C21H25ClN2O3/c22-19-8-6-18(7-9-19)21(17-4-2-1-3-5-17)24-12-10-23(11-13-24)14-15-27-16-20(25)26/h1-9,21H,10-16H2,(H,25,26)/i1D,4D,5D,10D2,11D2,12D2,13D2,14D2,15D2,16D2,21D. The second-order valence-electron chi connectivity index (χ2n) is 4.82. The fraction of sp³-hybridized carbons (Fsp3) is 0.381. The van der Waals surface area contributed by atoms with Crippen molar-refractivity contribution in [1.29, 1.82) is 0 Å². The lowest BCUT2D eigenvalue weighted by atomic mass is 9.96. The average molecular weight is 407 g/mol. The lowest BCUT2D eigenvalue weighted by Crippen LogP contribution is -2.48. The van der Waals surface area contributed by atoms with Crippen LogP contribution < -0.4 is 0 Å². The van der Waals surface area contributed by atoms with E-state index in [2.05, 4.69) is 4.74 Å². The van der Waals surface area contributed by atoms with Crippen LogP contribution in [-0.2, 0) is 9.53 Å². The number of ether oxygens (including phenoxy) is 1. The van der Waals surface area contributed by atoms with Crippen LogP contribution in [0.3, 0.4) is 0 Å². The third-order valence-electron chi connectivity index (χ3n) is 3.07. The second kappa shape index (κ2) is 9.85. The minimum absolute atomic E-state index is 0.0537. The van der Waals surface area contributed by atoms with Gasteiger partial charge in [0.2, 0.25) is 0 Å². The number of piperazine rings is 1. The quantitative estimate of drug-likeness (QED) is 0.729. The Morgan fingerprint density at radius 2 is 1.93 bits per heavy atom. The maximum absolute atomic E-state index is 11.2. The summed E-state index contributed by atoms with van der Waals surface area (Å²) in [4.78, 5) is 10.0. The van der Waals surface area contributed by atoms with Crippen molar-refractivity contribution in [1.82, 2.24) is 9.80 Å². The summed E-state index contributed by atoms with van der Waals surface area (Å²) in [6.45, 7) is -29.4. The van der Waals surface area contributed by atoms with Crippen molar-refractivity contribution in [3.63, 3.8) is 0 Å². The average Bonchev–Trinajstić information content (AvgIpc) is 2.81. The zero-order valence-electron chi connectivity index (χ0n) is 31.5. The maximum Gasteiger partial charge on any atom is 0.329 e. The number of carboxylic acids is 1. The summed E-state index contributed by atoms with van der Waals surface area (Å²) in [5.41, 5.74) is -1.32. The van der Waals surface area contributed by atoms with Gasteiger partial charge in [0.25, 0.3) is 0 Å². The van der Waals surface area contributed by atoms with Crippen molar-refractivity contribution in [3.8, 4) is 0 Å². The molecule has 5 nitrogen and oxygen atoms in total. The summed E-state index contributed by atoms with van der Waals surface area (Å²) in [6.07, 6.45) is 0. The van der Waals surface area contributed by atoms with E-state index in [9.17, 15) is 6.17 Å². The molecule has 0 amide bonds. The minimum atomic E-state index is -4.39. The Morgan fingerprint density at radius 1 is 1.26 bits per heavy atom. The van der Waals surface area contributed by atoms with Crippen LogP contribution in [0.4, 0.5) is 0 Å². The van der Waals surface area contributed by atoms with Crippen LogP contribution in [0, 0.1) is 0 Å². The molecule has 1 aliphatic heterocycles. The molecule has 1 aliphatic rings. The van der Waals surface area contributed by atoms with Gasteiger partial charge >= 0.3 is 5.97 Å². The SMILES string of the molecule is [2H]c1cc([2H])c(C([2H])(c2ccc(Cl)cc2)N2C([2H])([2H])C([2H])([2H])N(C([2H])([2H])C([2H])([2H])OC([2H])([2H])C(=O)O)C([2H])([2H])C2([2H])[2H])c([2H])c1. The van der Waals surface area contributed by atoms with Crippen LogP contribution in [-0.4, -0.2) is 66.5 Å². The summed E-state index contributed by atoms with van der Waals surface area (Å²) in [5, 5.41) is 9.08. The molecule has 0 aromatic heterocycles. The molecular weight excluding hydrogens is 364 g/mol. The number of halogens is 1. The molecule has 1 saturated heterocycles. The molecule has 2 aromatic carbocycles. The lowest BCUT2D eigenvalue weighted by Gasteiger charge is -2.39. The second-order valence-corrected chi connectivity index (χ2v) is 5.25. The number of aliphatic carboxylic acids is 1. The molecule has 0 aliphatic carbocycles. The molecule has 1 heterocycles. The van der Waals surface area contributed by atoms with Crippen LogP contribution in [0.1, 0.15) is 41.8 Å². The fourth-order valence-electron chi connectivity index (χ4n) is 2.00. The Morgan fingerprint density at radius 3 is 2.56 bits per heavy atom. The largest absolute Gasteiger partial charge is 0.480 e. The first-order valence-electron chi connectivity index (χ1n) is 16.3. The highest BCUT2D eigenvalue weighted by Gasteiger charge is 2.26. The zero-order valence-corrected chi connectivity index (χ0v) is 14.3. The lowest BCUT2D eigenvalue weighted by molar-refractivity contribution is -0.142. The first-order valence-corrected chi connectivity index (χ1v) is 7.72. The highest BCUT2D eigenvalue weighted by atomic mass is 35.5. The van der Waals surface area contributed by atoms with Gasteiger partial charge in [0.15, 0.2) is 0 Å². The highest BCUT2D eigenvalue weighted by molar-refractivity contribution is 6.30. The molecule has 144 valence electrons. The van der Waals surface area contributed by atoms with E-state index in [0.717, 1.165) is 36.4 Å². The molecule has 0 bridgehead atoms. The Labute approximate surface area is 190 Å². The third kappa shape index (κ3) is 5.78. The predicted molar refractivity (Wildman–Crippen MR) is 106 cm³/mol. The summed E-state index contributed by atoms with van der Waals surface area (Å²) in [5.74, 6) is -2.46. The molecule has 0 radical (unpaired) electrons. The molecule has 1 atom stereocenters. The van der Waals surface area contributed by atoms with Crippen molar-refractivity contribution >= 4 is 17.6 Å². The van der Waals surface area contributed by atoms with E-state index in [-0.39, 0.29) is 9.92 Å². The van der Waals surface area contributed by atoms with Gasteiger partial charge in [-0.05, 0) is 23.3 Å². The number of hydrogen-bond donors (Lipinski definition) is 1. The van der Waals surface area contributed by atoms with E-state index >= 15 is 0 Å². The molecule has 27 heavy (non-hydrogen) atoms. The number of carbonyl (C=O) groups is 1. The number of rotatable bonds is 8. The van der Waals surface area contributed by atoms with E-state index in [1.54, 1.807) is 0 Å². The van der Waals surface area contributed by atoms with Crippen LogP contribution in [0.25, 0.3) is 0 Å². The van der Waals surface area contributed by atoms with E-state index in [0.29, 0.717) is 0 Å². The van der Waals surface area contributed by atoms with Gasteiger partial charge in [0, 0.05) is 51.2 Å². The maximum atomic E-state index is 11.2. The molecule has 1 N–H and O–H groups in total. The van der Waals surface area contributed by atoms with Gasteiger partial charge in [-0.25, -0.2) is 4.79 Å². The predicted octanol–water partition coefficient (Wildman–Crippen LogP) is 3.15. The molecule has 6 heteroatoms. The Hall–Kier alpha value is -1.92. The number of carboxylic acid groups (broad SMARTS) is 1. The first-order chi connectivity index (χ1) is 20.0. The van der Waals surface area contributed by atoms with Crippen LogP contribution in [0.2, 0.25) is 5.02 Å². The highest BCUT2D eigenvalue weighted by Crippen LogP contribution is 2.30. The summed E-state index contributed by atoms with van der Waals surface area (Å²) in [7, 11) is 0. The van der Waals surface area contributed by atoms with E-state index < -0.39 is 91.7 Å². The van der Waals surface area contributed by atoms with Gasteiger partial charge in [0.05, 0.1) is 23.5 Å². The molecule has 1 fully saturated rings.